The minimum Gasteiger partial charge on any atom is -0.370 e. The van der Waals surface area contributed by atoms with Crippen LogP contribution in [0.3, 0.4) is 0 Å². The Morgan fingerprint density at radius 3 is 2.89 bits per heavy atom. The van der Waals surface area contributed by atoms with Gasteiger partial charge in [-0.15, -0.1) is 0 Å². The number of hydrogen-bond acceptors (Lipinski definition) is 4. The summed E-state index contributed by atoms with van der Waals surface area (Å²) in [6, 6.07) is 3.51. The van der Waals surface area contributed by atoms with Crippen LogP contribution >= 0.6 is 0 Å². The lowest BCUT2D eigenvalue weighted by Crippen LogP contribution is -2.12. The summed E-state index contributed by atoms with van der Waals surface area (Å²) in [5, 5.41) is 7.50. The molecule has 96 valence electrons. The zero-order valence-corrected chi connectivity index (χ0v) is 10.6. The van der Waals surface area contributed by atoms with Crippen molar-refractivity contribution in [2.24, 2.45) is 0 Å². The molecule has 0 aromatic carbocycles. The number of aryl methyl sites for hydroxylation is 3. The number of nitrogens with zero attached hydrogens (tertiary/aromatic N) is 3. The van der Waals surface area contributed by atoms with Gasteiger partial charge in [-0.3, -0.25) is 9.48 Å². The van der Waals surface area contributed by atoms with E-state index in [1.165, 1.54) is 18.1 Å². The normalized spacial score (nSPS) is 10.6. The topological polar surface area (TPSA) is 75.6 Å². The van der Waals surface area contributed by atoms with E-state index < -0.39 is 0 Å². The highest BCUT2D eigenvalue weighted by Crippen LogP contribution is 2.03. The lowest BCUT2D eigenvalue weighted by molar-refractivity contribution is 0.573. The predicted molar refractivity (Wildman–Crippen MR) is 69.7 cm³/mol. The standard InChI is InChI=1S/C12H17N5O/c1-9-6-10(2)17(16-9)5-3-4-13-11-7-12(18)15-8-14-11/h6-8H,3-5H2,1-2H3,(H2,13,14,15,18). The third kappa shape index (κ3) is 3.19. The van der Waals surface area contributed by atoms with E-state index in [2.05, 4.69) is 26.4 Å². The molecule has 0 saturated heterocycles. The lowest BCUT2D eigenvalue weighted by Gasteiger charge is -2.06. The van der Waals surface area contributed by atoms with Crippen LogP contribution in [0.25, 0.3) is 0 Å². The second-order valence-corrected chi connectivity index (χ2v) is 4.23. The molecule has 2 N–H and O–H groups in total. The molecule has 0 unspecified atom stereocenters. The molecular weight excluding hydrogens is 230 g/mol. The predicted octanol–water partition coefficient (Wildman–Crippen LogP) is 1.09. The van der Waals surface area contributed by atoms with Gasteiger partial charge in [-0.1, -0.05) is 0 Å². The van der Waals surface area contributed by atoms with E-state index in [1.807, 2.05) is 18.5 Å². The van der Waals surface area contributed by atoms with Gasteiger partial charge < -0.3 is 10.3 Å². The molecule has 2 heterocycles. The Balaban J connectivity index is 1.80. The highest BCUT2D eigenvalue weighted by molar-refractivity contribution is 5.31. The number of aromatic nitrogens is 4. The molecule has 0 atom stereocenters. The fraction of sp³-hybridized carbons (Fsp3) is 0.417. The van der Waals surface area contributed by atoms with Crippen molar-refractivity contribution in [3.63, 3.8) is 0 Å². The number of aromatic amines is 1. The Morgan fingerprint density at radius 1 is 1.39 bits per heavy atom. The van der Waals surface area contributed by atoms with Crippen molar-refractivity contribution >= 4 is 5.82 Å². The summed E-state index contributed by atoms with van der Waals surface area (Å²) < 4.78 is 1.99. The third-order valence-corrected chi connectivity index (χ3v) is 2.63. The van der Waals surface area contributed by atoms with Gasteiger partial charge in [0.05, 0.1) is 12.0 Å². The Bertz CT molecular complexity index is 572. The summed E-state index contributed by atoms with van der Waals surface area (Å²) >= 11 is 0. The first-order chi connectivity index (χ1) is 8.65. The fourth-order valence-corrected chi connectivity index (χ4v) is 1.81. The number of anilines is 1. The maximum atomic E-state index is 11.0. The summed E-state index contributed by atoms with van der Waals surface area (Å²) in [6.07, 6.45) is 2.32. The van der Waals surface area contributed by atoms with Gasteiger partial charge in [-0.25, -0.2) is 4.98 Å². The van der Waals surface area contributed by atoms with E-state index in [-0.39, 0.29) is 5.56 Å². The zero-order valence-electron chi connectivity index (χ0n) is 10.6. The van der Waals surface area contributed by atoms with Crippen molar-refractivity contribution < 1.29 is 0 Å². The highest BCUT2D eigenvalue weighted by Gasteiger charge is 2.00. The van der Waals surface area contributed by atoms with Crippen LogP contribution in [0.15, 0.2) is 23.3 Å². The average Bonchev–Trinajstić information content (AvgIpc) is 2.64. The SMILES string of the molecule is Cc1cc(C)n(CCCNc2cc(=O)[nH]cn2)n1. The number of H-pyrrole nitrogens is 1. The van der Waals surface area contributed by atoms with Gasteiger partial charge in [0.2, 0.25) is 0 Å². The van der Waals surface area contributed by atoms with Crippen LogP contribution in [-0.4, -0.2) is 26.3 Å². The van der Waals surface area contributed by atoms with Crippen molar-refractivity contribution in [2.75, 3.05) is 11.9 Å². The van der Waals surface area contributed by atoms with Crippen LogP contribution < -0.4 is 10.9 Å². The number of nitrogens with one attached hydrogen (secondary N) is 2. The molecule has 0 aliphatic heterocycles. The number of rotatable bonds is 5. The fourth-order valence-electron chi connectivity index (χ4n) is 1.81. The summed E-state index contributed by atoms with van der Waals surface area (Å²) in [7, 11) is 0. The van der Waals surface area contributed by atoms with Crippen LogP contribution in [0.5, 0.6) is 0 Å². The van der Waals surface area contributed by atoms with Crippen LogP contribution in [0.2, 0.25) is 0 Å². The molecule has 18 heavy (non-hydrogen) atoms. The second kappa shape index (κ2) is 5.48. The lowest BCUT2D eigenvalue weighted by atomic mass is 10.4. The average molecular weight is 247 g/mol. The third-order valence-electron chi connectivity index (χ3n) is 2.63. The van der Waals surface area contributed by atoms with Gasteiger partial charge in [0.15, 0.2) is 0 Å². The van der Waals surface area contributed by atoms with E-state index in [0.717, 1.165) is 25.2 Å². The molecule has 2 rings (SSSR count). The minimum atomic E-state index is -0.147. The highest BCUT2D eigenvalue weighted by atomic mass is 16.1. The number of hydrogen-bond donors (Lipinski definition) is 2. The Kier molecular flexibility index (Phi) is 3.76. The molecule has 0 fully saturated rings. The van der Waals surface area contributed by atoms with Crippen LogP contribution in [-0.2, 0) is 6.54 Å². The summed E-state index contributed by atoms with van der Waals surface area (Å²) in [5.41, 5.74) is 2.06. The Morgan fingerprint density at radius 2 is 2.22 bits per heavy atom. The monoisotopic (exact) mass is 247 g/mol. The maximum absolute atomic E-state index is 11.0. The van der Waals surface area contributed by atoms with Crippen molar-refractivity contribution in [1.82, 2.24) is 19.7 Å². The molecule has 6 nitrogen and oxygen atoms in total. The molecule has 2 aromatic heterocycles. The Hall–Kier alpha value is -2.11. The van der Waals surface area contributed by atoms with Crippen LogP contribution in [0, 0.1) is 13.8 Å². The first-order valence-electron chi connectivity index (χ1n) is 5.95. The summed E-state index contributed by atoms with van der Waals surface area (Å²) in [5.74, 6) is 0.604. The smallest absolute Gasteiger partial charge is 0.252 e. The van der Waals surface area contributed by atoms with Gasteiger partial charge in [0.25, 0.3) is 5.56 Å². The van der Waals surface area contributed by atoms with E-state index in [9.17, 15) is 4.79 Å². The molecular formula is C12H17N5O. The van der Waals surface area contributed by atoms with Gasteiger partial charge in [0.1, 0.15) is 5.82 Å². The zero-order chi connectivity index (χ0) is 13.0. The van der Waals surface area contributed by atoms with Gasteiger partial charge in [-0.05, 0) is 26.3 Å². The van der Waals surface area contributed by atoms with Gasteiger partial charge >= 0.3 is 0 Å². The summed E-state index contributed by atoms with van der Waals surface area (Å²) in [6.45, 7) is 5.65. The van der Waals surface area contributed by atoms with Crippen LogP contribution in [0.1, 0.15) is 17.8 Å². The Labute approximate surface area is 105 Å². The maximum Gasteiger partial charge on any atom is 0.252 e. The van der Waals surface area contributed by atoms with Crippen LogP contribution in [0.4, 0.5) is 5.82 Å². The first kappa shape index (κ1) is 12.3. The van der Waals surface area contributed by atoms with Gasteiger partial charge in [-0.2, -0.15) is 5.10 Å². The van der Waals surface area contributed by atoms with Crippen molar-refractivity contribution in [3.05, 3.63) is 40.2 Å². The molecule has 0 amide bonds. The van der Waals surface area contributed by atoms with E-state index in [1.54, 1.807) is 0 Å². The second-order valence-electron chi connectivity index (χ2n) is 4.23. The molecule has 0 spiro atoms. The van der Waals surface area contributed by atoms with Crippen molar-refractivity contribution in [2.45, 2.75) is 26.8 Å². The van der Waals surface area contributed by atoms with Gasteiger partial charge in [0, 0.05) is 24.8 Å². The minimum absolute atomic E-state index is 0.147. The largest absolute Gasteiger partial charge is 0.370 e. The quantitative estimate of drug-likeness (QED) is 0.775. The van der Waals surface area contributed by atoms with E-state index in [0.29, 0.717) is 5.82 Å². The van der Waals surface area contributed by atoms with E-state index in [4.69, 9.17) is 0 Å². The van der Waals surface area contributed by atoms with Crippen molar-refractivity contribution in [3.8, 4) is 0 Å². The summed E-state index contributed by atoms with van der Waals surface area (Å²) in [4.78, 5) is 17.5. The molecule has 6 heteroatoms. The molecule has 0 saturated carbocycles. The molecule has 2 aromatic rings. The van der Waals surface area contributed by atoms with E-state index >= 15 is 0 Å². The first-order valence-corrected chi connectivity index (χ1v) is 5.95. The molecule has 0 aliphatic carbocycles. The molecule has 0 radical (unpaired) electrons. The molecule has 0 aliphatic rings. The van der Waals surface area contributed by atoms with Crippen molar-refractivity contribution in [1.29, 1.82) is 0 Å². The molecule has 0 bridgehead atoms.